The molecule has 3 heteroatoms. The molecular formula is C11H14BrClO. The maximum Gasteiger partial charge on any atom is 0.0468 e. The lowest BCUT2D eigenvalue weighted by Crippen LogP contribution is -2.05. The number of hydrogen-bond acceptors (Lipinski definition) is 1. The Kier molecular flexibility index (Phi) is 5.53. The molecule has 0 saturated carbocycles. The van der Waals surface area contributed by atoms with Crippen LogP contribution in [-0.4, -0.2) is 19.6 Å². The summed E-state index contributed by atoms with van der Waals surface area (Å²) in [6.07, 6.45) is 0.961. The highest BCUT2D eigenvalue weighted by atomic mass is 79.9. The molecule has 0 amide bonds. The number of methoxy groups -OCH3 is 1. The van der Waals surface area contributed by atoms with Crippen molar-refractivity contribution >= 4 is 27.5 Å². The fraction of sp³-hybridized carbons (Fsp3) is 0.455. The second kappa shape index (κ2) is 6.44. The van der Waals surface area contributed by atoms with Crippen LogP contribution in [-0.2, 0) is 4.74 Å². The summed E-state index contributed by atoms with van der Waals surface area (Å²) in [4.78, 5) is 0. The van der Waals surface area contributed by atoms with Gasteiger partial charge in [0, 0.05) is 30.0 Å². The van der Waals surface area contributed by atoms with Crippen molar-refractivity contribution in [2.75, 3.05) is 19.6 Å². The van der Waals surface area contributed by atoms with Gasteiger partial charge in [-0.15, -0.1) is 11.6 Å². The molecule has 78 valence electrons. The molecule has 0 aromatic heterocycles. The van der Waals surface area contributed by atoms with Gasteiger partial charge in [-0.25, -0.2) is 0 Å². The monoisotopic (exact) mass is 276 g/mol. The van der Waals surface area contributed by atoms with Crippen molar-refractivity contribution in [1.82, 2.24) is 0 Å². The fourth-order valence-electron chi connectivity index (χ4n) is 1.38. The Balaban J connectivity index is 2.73. The Bertz CT molecular complexity index is 278. The summed E-state index contributed by atoms with van der Waals surface area (Å²) in [6, 6.07) is 8.19. The normalized spacial score (nSPS) is 12.8. The van der Waals surface area contributed by atoms with Gasteiger partial charge in [0.25, 0.3) is 0 Å². The minimum atomic E-state index is 0.368. The van der Waals surface area contributed by atoms with E-state index >= 15 is 0 Å². The Morgan fingerprint density at radius 1 is 1.43 bits per heavy atom. The average Bonchev–Trinajstić information content (AvgIpc) is 2.21. The largest absolute Gasteiger partial charge is 0.385 e. The topological polar surface area (TPSA) is 9.23 Å². The van der Waals surface area contributed by atoms with Gasteiger partial charge in [-0.1, -0.05) is 34.1 Å². The lowest BCUT2D eigenvalue weighted by atomic mass is 9.98. The van der Waals surface area contributed by atoms with Gasteiger partial charge in [-0.05, 0) is 18.1 Å². The van der Waals surface area contributed by atoms with Gasteiger partial charge in [0.1, 0.15) is 0 Å². The Morgan fingerprint density at radius 3 is 2.71 bits per heavy atom. The van der Waals surface area contributed by atoms with E-state index in [0.29, 0.717) is 11.8 Å². The first-order valence-corrected chi connectivity index (χ1v) is 5.91. The molecule has 1 aromatic rings. The quantitative estimate of drug-likeness (QED) is 0.744. The van der Waals surface area contributed by atoms with Crippen LogP contribution >= 0.6 is 27.5 Å². The average molecular weight is 278 g/mol. The summed E-state index contributed by atoms with van der Waals surface area (Å²) >= 11 is 9.46. The number of rotatable bonds is 5. The molecule has 0 spiro atoms. The van der Waals surface area contributed by atoms with Crippen molar-refractivity contribution in [2.45, 2.75) is 12.3 Å². The molecule has 0 heterocycles. The smallest absolute Gasteiger partial charge is 0.0468 e. The predicted molar refractivity (Wildman–Crippen MR) is 64.1 cm³/mol. The highest BCUT2D eigenvalue weighted by Gasteiger charge is 2.12. The van der Waals surface area contributed by atoms with Gasteiger partial charge < -0.3 is 4.74 Å². The first-order chi connectivity index (χ1) is 6.79. The summed E-state index contributed by atoms with van der Waals surface area (Å²) in [5.74, 6) is 0.999. The van der Waals surface area contributed by atoms with E-state index in [0.717, 1.165) is 17.5 Å². The van der Waals surface area contributed by atoms with E-state index in [4.69, 9.17) is 16.3 Å². The number of hydrogen-bond donors (Lipinski definition) is 0. The van der Waals surface area contributed by atoms with E-state index in [1.807, 2.05) is 18.2 Å². The first kappa shape index (κ1) is 12.0. The van der Waals surface area contributed by atoms with Crippen LogP contribution in [0.4, 0.5) is 0 Å². The highest BCUT2D eigenvalue weighted by Crippen LogP contribution is 2.28. The van der Waals surface area contributed by atoms with Gasteiger partial charge in [-0.3, -0.25) is 0 Å². The minimum Gasteiger partial charge on any atom is -0.385 e. The summed E-state index contributed by atoms with van der Waals surface area (Å²) in [5, 5.41) is 0. The predicted octanol–water partition coefficient (Wildman–Crippen LogP) is 3.81. The second-order valence-corrected chi connectivity index (χ2v) is 4.32. The molecule has 0 aliphatic heterocycles. The van der Waals surface area contributed by atoms with Gasteiger partial charge in [0.2, 0.25) is 0 Å². The molecule has 1 rings (SSSR count). The van der Waals surface area contributed by atoms with E-state index in [1.165, 1.54) is 5.56 Å². The minimum absolute atomic E-state index is 0.368. The third kappa shape index (κ3) is 3.26. The van der Waals surface area contributed by atoms with Crippen LogP contribution in [0.2, 0.25) is 0 Å². The lowest BCUT2D eigenvalue weighted by Gasteiger charge is -2.15. The van der Waals surface area contributed by atoms with Crippen molar-refractivity contribution < 1.29 is 4.74 Å². The number of benzene rings is 1. The van der Waals surface area contributed by atoms with Gasteiger partial charge in [-0.2, -0.15) is 0 Å². The zero-order valence-electron chi connectivity index (χ0n) is 8.17. The van der Waals surface area contributed by atoms with E-state index in [-0.39, 0.29) is 0 Å². The number of alkyl halides is 1. The van der Waals surface area contributed by atoms with Crippen molar-refractivity contribution in [3.05, 3.63) is 34.3 Å². The molecule has 0 saturated heterocycles. The molecule has 0 radical (unpaired) electrons. The van der Waals surface area contributed by atoms with Crippen LogP contribution in [0.15, 0.2) is 28.7 Å². The summed E-state index contributed by atoms with van der Waals surface area (Å²) in [6.45, 7) is 0.749. The molecule has 0 aliphatic rings. The Morgan fingerprint density at radius 2 is 2.14 bits per heavy atom. The van der Waals surface area contributed by atoms with Gasteiger partial charge in [0.05, 0.1) is 0 Å². The third-order valence-electron chi connectivity index (χ3n) is 2.20. The molecule has 0 aliphatic carbocycles. The zero-order chi connectivity index (χ0) is 10.4. The van der Waals surface area contributed by atoms with E-state index in [9.17, 15) is 0 Å². The SMILES string of the molecule is COCCC(CCl)c1ccccc1Br. The summed E-state index contributed by atoms with van der Waals surface area (Å²) in [5.41, 5.74) is 1.26. The molecule has 0 bridgehead atoms. The van der Waals surface area contributed by atoms with E-state index < -0.39 is 0 Å². The van der Waals surface area contributed by atoms with Crippen LogP contribution < -0.4 is 0 Å². The van der Waals surface area contributed by atoms with Crippen LogP contribution in [0.1, 0.15) is 17.9 Å². The van der Waals surface area contributed by atoms with Crippen molar-refractivity contribution in [2.24, 2.45) is 0 Å². The maximum absolute atomic E-state index is 5.93. The molecule has 1 atom stereocenters. The Labute approximate surface area is 98.5 Å². The number of halogens is 2. The molecule has 1 unspecified atom stereocenters. The first-order valence-electron chi connectivity index (χ1n) is 4.59. The zero-order valence-corrected chi connectivity index (χ0v) is 10.5. The molecule has 14 heavy (non-hydrogen) atoms. The van der Waals surface area contributed by atoms with Crippen LogP contribution in [0, 0.1) is 0 Å². The molecule has 0 fully saturated rings. The van der Waals surface area contributed by atoms with Crippen LogP contribution in [0.5, 0.6) is 0 Å². The van der Waals surface area contributed by atoms with Crippen LogP contribution in [0.3, 0.4) is 0 Å². The van der Waals surface area contributed by atoms with Gasteiger partial charge >= 0.3 is 0 Å². The Hall–Kier alpha value is -0.0500. The lowest BCUT2D eigenvalue weighted by molar-refractivity contribution is 0.189. The molecular weight excluding hydrogens is 263 g/mol. The molecule has 1 aromatic carbocycles. The fourth-order valence-corrected chi connectivity index (χ4v) is 2.31. The number of ether oxygens (including phenoxy) is 1. The summed E-state index contributed by atoms with van der Waals surface area (Å²) in [7, 11) is 1.71. The van der Waals surface area contributed by atoms with Crippen molar-refractivity contribution in [3.8, 4) is 0 Å². The third-order valence-corrected chi connectivity index (χ3v) is 3.30. The van der Waals surface area contributed by atoms with Gasteiger partial charge in [0.15, 0.2) is 0 Å². The van der Waals surface area contributed by atoms with E-state index in [2.05, 4.69) is 22.0 Å². The maximum atomic E-state index is 5.93. The van der Waals surface area contributed by atoms with Crippen molar-refractivity contribution in [1.29, 1.82) is 0 Å². The second-order valence-electron chi connectivity index (χ2n) is 3.15. The highest BCUT2D eigenvalue weighted by molar-refractivity contribution is 9.10. The summed E-state index contributed by atoms with van der Waals surface area (Å²) < 4.78 is 6.19. The van der Waals surface area contributed by atoms with Crippen LogP contribution in [0.25, 0.3) is 0 Å². The van der Waals surface area contributed by atoms with E-state index in [1.54, 1.807) is 7.11 Å². The molecule has 1 nitrogen and oxygen atoms in total. The van der Waals surface area contributed by atoms with Crippen molar-refractivity contribution in [3.63, 3.8) is 0 Å². The standard InChI is InChI=1S/C11H14BrClO/c1-14-7-6-9(8-13)10-4-2-3-5-11(10)12/h2-5,9H,6-8H2,1H3. The molecule has 0 N–H and O–H groups in total.